The van der Waals surface area contributed by atoms with Crippen molar-refractivity contribution >= 4 is 13.3 Å². The van der Waals surface area contributed by atoms with E-state index < -0.39 is 18.2 Å². The molecule has 19 heavy (non-hydrogen) atoms. The Kier molecular flexibility index (Phi) is 5.23. The van der Waals surface area contributed by atoms with Gasteiger partial charge in [-0.25, -0.2) is 0 Å². The fraction of sp³-hybridized carbons (Fsp3) is 0.500. The van der Waals surface area contributed by atoms with Crippen molar-refractivity contribution in [2.75, 3.05) is 0 Å². The molecule has 1 aromatic rings. The van der Waals surface area contributed by atoms with E-state index in [-0.39, 0.29) is 11.6 Å². The van der Waals surface area contributed by atoms with Crippen LogP contribution < -0.4 is 0 Å². The van der Waals surface area contributed by atoms with Crippen LogP contribution in [0, 0.1) is 16.0 Å². The maximum atomic E-state index is 11.7. The number of hydrogen-bond donors (Lipinski definition) is 2. The van der Waals surface area contributed by atoms with Crippen molar-refractivity contribution in [3.05, 3.63) is 39.9 Å². The third kappa shape index (κ3) is 3.86. The van der Waals surface area contributed by atoms with Gasteiger partial charge in [-0.15, -0.1) is 0 Å². The van der Waals surface area contributed by atoms with Gasteiger partial charge in [-0.1, -0.05) is 38.8 Å². The maximum Gasteiger partial charge on any atom is 0.333 e. The normalized spacial score (nSPS) is 13.5. The van der Waals surface area contributed by atoms with Gasteiger partial charge in [-0.05, 0) is 11.5 Å². The van der Waals surface area contributed by atoms with Crippen molar-refractivity contribution in [1.82, 2.24) is 0 Å². The van der Waals surface area contributed by atoms with Gasteiger partial charge in [0.05, 0.1) is 10.6 Å². The van der Waals surface area contributed by atoms with E-state index in [1.807, 2.05) is 13.8 Å². The lowest BCUT2D eigenvalue weighted by Gasteiger charge is -2.26. The number of hydrogen-bond acceptors (Lipinski definition) is 3. The van der Waals surface area contributed by atoms with Crippen LogP contribution >= 0.6 is 7.60 Å². The van der Waals surface area contributed by atoms with Gasteiger partial charge in [0.25, 0.3) is 5.69 Å². The van der Waals surface area contributed by atoms with E-state index in [4.69, 9.17) is 0 Å². The Morgan fingerprint density at radius 3 is 2.00 bits per heavy atom. The molecule has 0 aliphatic rings. The molecule has 0 spiro atoms. The zero-order chi connectivity index (χ0) is 14.6. The first-order chi connectivity index (χ1) is 8.81. The van der Waals surface area contributed by atoms with Gasteiger partial charge < -0.3 is 9.79 Å². The molecule has 0 aliphatic heterocycles. The Morgan fingerprint density at radius 1 is 1.21 bits per heavy atom. The van der Waals surface area contributed by atoms with Crippen LogP contribution in [0.3, 0.4) is 0 Å². The van der Waals surface area contributed by atoms with Crippen LogP contribution in [0.25, 0.3) is 0 Å². The molecule has 0 aromatic heterocycles. The molecule has 0 amide bonds. The number of rotatable bonds is 6. The van der Waals surface area contributed by atoms with E-state index in [0.29, 0.717) is 18.4 Å². The van der Waals surface area contributed by atoms with Gasteiger partial charge in [0.2, 0.25) is 0 Å². The Labute approximate surface area is 111 Å². The zero-order valence-electron chi connectivity index (χ0n) is 10.9. The molecule has 0 fully saturated rings. The average Bonchev–Trinajstić information content (AvgIpc) is 2.34. The second-order valence-corrected chi connectivity index (χ2v) is 6.19. The lowest BCUT2D eigenvalue weighted by atomic mass is 9.94. The predicted molar refractivity (Wildman–Crippen MR) is 72.0 cm³/mol. The molecule has 1 aromatic carbocycles. The van der Waals surface area contributed by atoms with Crippen LogP contribution in [0.15, 0.2) is 24.3 Å². The minimum absolute atomic E-state index is 0.0854. The molecular formula is C12H18NO5P. The van der Waals surface area contributed by atoms with Gasteiger partial charge >= 0.3 is 7.60 Å². The van der Waals surface area contributed by atoms with Crippen molar-refractivity contribution in [3.63, 3.8) is 0 Å². The van der Waals surface area contributed by atoms with Gasteiger partial charge in [0.1, 0.15) is 0 Å². The Morgan fingerprint density at radius 2 is 1.68 bits per heavy atom. The van der Waals surface area contributed by atoms with Crippen molar-refractivity contribution in [1.29, 1.82) is 0 Å². The van der Waals surface area contributed by atoms with Crippen LogP contribution in [0.1, 0.15) is 37.9 Å². The highest BCUT2D eigenvalue weighted by atomic mass is 31.2. The number of nitro groups is 1. The monoisotopic (exact) mass is 287 g/mol. The SMILES string of the molecule is CCC(CC)[C@@H](c1ccc([N+](=O)[O-])cc1)P(=O)(O)O. The standard InChI is InChI=1S/C12H18NO5P/c1-3-9(4-2)12(19(16,17)18)10-5-7-11(8-6-10)13(14)15/h5-9,12H,3-4H2,1-2H3,(H2,16,17,18)/t12-/m0/s1. The molecule has 1 atom stereocenters. The lowest BCUT2D eigenvalue weighted by Crippen LogP contribution is -2.12. The molecule has 0 radical (unpaired) electrons. The van der Waals surface area contributed by atoms with Crippen molar-refractivity contribution in [3.8, 4) is 0 Å². The summed E-state index contributed by atoms with van der Waals surface area (Å²) in [6.07, 6.45) is 1.28. The summed E-state index contributed by atoms with van der Waals surface area (Å²) in [5.41, 5.74) is -0.534. The van der Waals surface area contributed by atoms with Gasteiger partial charge in [0, 0.05) is 12.1 Å². The zero-order valence-corrected chi connectivity index (χ0v) is 11.8. The second-order valence-electron chi connectivity index (χ2n) is 4.46. The highest BCUT2D eigenvalue weighted by Crippen LogP contribution is 2.57. The summed E-state index contributed by atoms with van der Waals surface area (Å²) in [5.74, 6) is -0.151. The minimum atomic E-state index is -4.30. The van der Waals surface area contributed by atoms with Crippen LogP contribution in [0.2, 0.25) is 0 Å². The van der Waals surface area contributed by atoms with E-state index in [1.54, 1.807) is 0 Å². The summed E-state index contributed by atoms with van der Waals surface area (Å²) in [6.45, 7) is 3.75. The van der Waals surface area contributed by atoms with Crippen LogP contribution in [0.4, 0.5) is 5.69 Å². The summed E-state index contributed by atoms with van der Waals surface area (Å²) in [6, 6.07) is 5.42. The van der Waals surface area contributed by atoms with E-state index in [0.717, 1.165) is 0 Å². The fourth-order valence-corrected chi connectivity index (χ4v) is 3.80. The van der Waals surface area contributed by atoms with Gasteiger partial charge in [-0.2, -0.15) is 0 Å². The van der Waals surface area contributed by atoms with E-state index in [2.05, 4.69) is 0 Å². The largest absolute Gasteiger partial charge is 0.333 e. The van der Waals surface area contributed by atoms with Gasteiger partial charge in [-0.3, -0.25) is 14.7 Å². The topological polar surface area (TPSA) is 101 Å². The summed E-state index contributed by atoms with van der Waals surface area (Å²) < 4.78 is 11.7. The van der Waals surface area contributed by atoms with E-state index in [1.165, 1.54) is 24.3 Å². The minimum Gasteiger partial charge on any atom is -0.324 e. The molecule has 0 heterocycles. The third-order valence-corrected chi connectivity index (χ3v) is 4.75. The summed E-state index contributed by atoms with van der Waals surface area (Å²) in [7, 11) is -4.30. The number of non-ortho nitro benzene ring substituents is 1. The third-order valence-electron chi connectivity index (χ3n) is 3.30. The summed E-state index contributed by atoms with van der Waals surface area (Å²) in [5, 5.41) is 10.6. The van der Waals surface area contributed by atoms with Crippen molar-refractivity contribution < 1.29 is 19.3 Å². The fourth-order valence-electron chi connectivity index (χ4n) is 2.27. The highest BCUT2D eigenvalue weighted by molar-refractivity contribution is 7.52. The second kappa shape index (κ2) is 6.28. The first kappa shape index (κ1) is 15.8. The molecular weight excluding hydrogens is 269 g/mol. The number of nitro benzene ring substituents is 1. The average molecular weight is 287 g/mol. The van der Waals surface area contributed by atoms with Crippen molar-refractivity contribution in [2.24, 2.45) is 5.92 Å². The van der Waals surface area contributed by atoms with E-state index in [9.17, 15) is 24.5 Å². The number of nitrogens with zero attached hydrogens (tertiary/aromatic N) is 1. The molecule has 0 aliphatic carbocycles. The first-order valence-electron chi connectivity index (χ1n) is 6.10. The number of benzene rings is 1. The Balaban J connectivity index is 3.18. The lowest BCUT2D eigenvalue weighted by molar-refractivity contribution is -0.384. The molecule has 7 heteroatoms. The molecule has 0 saturated heterocycles. The summed E-state index contributed by atoms with van der Waals surface area (Å²) >= 11 is 0. The molecule has 0 bridgehead atoms. The van der Waals surface area contributed by atoms with Crippen LogP contribution in [-0.4, -0.2) is 14.7 Å². The molecule has 2 N–H and O–H groups in total. The van der Waals surface area contributed by atoms with Crippen LogP contribution in [0.5, 0.6) is 0 Å². The molecule has 1 rings (SSSR count). The maximum absolute atomic E-state index is 11.7. The summed E-state index contributed by atoms with van der Waals surface area (Å²) in [4.78, 5) is 29.1. The van der Waals surface area contributed by atoms with Crippen molar-refractivity contribution in [2.45, 2.75) is 32.3 Å². The Bertz CT molecular complexity index is 477. The smallest absolute Gasteiger partial charge is 0.324 e. The molecule has 6 nitrogen and oxygen atoms in total. The molecule has 0 saturated carbocycles. The quantitative estimate of drug-likeness (QED) is 0.475. The molecule has 0 unspecified atom stereocenters. The highest BCUT2D eigenvalue weighted by Gasteiger charge is 2.35. The first-order valence-corrected chi connectivity index (χ1v) is 7.79. The van der Waals surface area contributed by atoms with Crippen LogP contribution in [-0.2, 0) is 4.57 Å². The van der Waals surface area contributed by atoms with E-state index >= 15 is 0 Å². The molecule has 106 valence electrons. The predicted octanol–water partition coefficient (Wildman–Crippen LogP) is 3.25. The Hall–Kier alpha value is -1.23. The van der Waals surface area contributed by atoms with Gasteiger partial charge in [0.15, 0.2) is 0 Å².